The molecule has 1 aliphatic heterocycles. The maximum Gasteiger partial charge on any atom is 0.259 e. The molecule has 2 fully saturated rings. The summed E-state index contributed by atoms with van der Waals surface area (Å²) in [6.45, 7) is 3.99. The van der Waals surface area contributed by atoms with E-state index in [4.69, 9.17) is 4.74 Å². The lowest BCUT2D eigenvalue weighted by molar-refractivity contribution is 0.0513. The molecule has 0 bridgehead atoms. The molecular weight excluding hydrogens is 280 g/mol. The maximum absolute atomic E-state index is 12.8. The predicted octanol–water partition coefficient (Wildman–Crippen LogP) is 1.72. The highest BCUT2D eigenvalue weighted by molar-refractivity contribution is 5.94. The minimum absolute atomic E-state index is 0.122. The summed E-state index contributed by atoms with van der Waals surface area (Å²) in [5.41, 5.74) is 0.940. The highest BCUT2D eigenvalue weighted by atomic mass is 16.5. The second kappa shape index (κ2) is 6.24. The van der Waals surface area contributed by atoms with Gasteiger partial charge in [-0.15, -0.1) is 0 Å². The monoisotopic (exact) mass is 304 g/mol. The topological polar surface area (TPSA) is 51.5 Å². The van der Waals surface area contributed by atoms with E-state index in [1.54, 1.807) is 6.20 Å². The van der Waals surface area contributed by atoms with Crippen LogP contribution in [0.3, 0.4) is 0 Å². The van der Waals surface area contributed by atoms with Crippen LogP contribution in [0, 0.1) is 12.8 Å². The largest absolute Gasteiger partial charge is 0.376 e. The fourth-order valence-corrected chi connectivity index (χ4v) is 2.95. The van der Waals surface area contributed by atoms with Gasteiger partial charge in [0, 0.05) is 44.7 Å². The van der Waals surface area contributed by atoms with Crippen molar-refractivity contribution in [3.05, 3.63) is 33.7 Å². The van der Waals surface area contributed by atoms with Crippen LogP contribution in [0.25, 0.3) is 0 Å². The van der Waals surface area contributed by atoms with E-state index in [1.165, 1.54) is 18.9 Å². The van der Waals surface area contributed by atoms with Crippen molar-refractivity contribution < 1.29 is 9.53 Å². The Balaban J connectivity index is 1.81. The van der Waals surface area contributed by atoms with Gasteiger partial charge < -0.3 is 14.2 Å². The van der Waals surface area contributed by atoms with Crippen LogP contribution in [0.1, 0.15) is 41.7 Å². The first-order chi connectivity index (χ1) is 10.5. The van der Waals surface area contributed by atoms with Gasteiger partial charge in [0.15, 0.2) is 5.43 Å². The van der Waals surface area contributed by atoms with Gasteiger partial charge in [-0.25, -0.2) is 0 Å². The summed E-state index contributed by atoms with van der Waals surface area (Å²) >= 11 is 0. The summed E-state index contributed by atoms with van der Waals surface area (Å²) in [5.74, 6) is 0.447. The molecular formula is C17H24N2O3. The highest BCUT2D eigenvalue weighted by Gasteiger charge is 2.30. The van der Waals surface area contributed by atoms with Crippen molar-refractivity contribution in [2.45, 2.75) is 38.7 Å². The van der Waals surface area contributed by atoms with Gasteiger partial charge in [0.25, 0.3) is 5.91 Å². The van der Waals surface area contributed by atoms with Gasteiger partial charge in [0.05, 0.1) is 6.10 Å². The van der Waals surface area contributed by atoms with Gasteiger partial charge in [0.1, 0.15) is 5.56 Å². The molecule has 1 aromatic heterocycles. The number of rotatable bonds is 5. The third kappa shape index (κ3) is 3.40. The normalized spacial score (nSPS) is 21.1. The minimum atomic E-state index is -0.186. The molecule has 5 heteroatoms. The van der Waals surface area contributed by atoms with E-state index in [0.29, 0.717) is 12.5 Å². The van der Waals surface area contributed by atoms with Gasteiger partial charge in [-0.1, -0.05) is 0 Å². The number of aromatic nitrogens is 1. The van der Waals surface area contributed by atoms with Crippen LogP contribution in [0.2, 0.25) is 0 Å². The number of carbonyl (C=O) groups is 1. The zero-order valence-electron chi connectivity index (χ0n) is 13.4. The predicted molar refractivity (Wildman–Crippen MR) is 84.0 cm³/mol. The number of hydrogen-bond donors (Lipinski definition) is 0. The number of aryl methyl sites for hydroxylation is 2. The number of nitrogens with zero attached hydrogens (tertiary/aromatic N) is 2. The molecule has 0 unspecified atom stereocenters. The molecule has 3 rings (SSSR count). The zero-order chi connectivity index (χ0) is 15.7. The standard InChI is InChI=1S/C17H24N2O3/c1-12-8-16(20)15(11-18(12)2)17(21)19(9-13-5-6-13)10-14-4-3-7-22-14/h8,11,13-14H,3-7,9-10H2,1-2H3/t14-/m0/s1. The summed E-state index contributed by atoms with van der Waals surface area (Å²) in [5, 5.41) is 0. The number of pyridine rings is 1. The number of hydrogen-bond acceptors (Lipinski definition) is 3. The van der Waals surface area contributed by atoms with E-state index in [9.17, 15) is 9.59 Å². The molecule has 22 heavy (non-hydrogen) atoms. The molecule has 1 aromatic rings. The fourth-order valence-electron chi connectivity index (χ4n) is 2.95. The molecule has 1 amide bonds. The van der Waals surface area contributed by atoms with E-state index >= 15 is 0 Å². The molecule has 0 N–H and O–H groups in total. The average Bonchev–Trinajstić information content (AvgIpc) is 3.15. The summed E-state index contributed by atoms with van der Waals surface area (Å²) in [6.07, 6.45) is 6.21. The van der Waals surface area contributed by atoms with Crippen molar-refractivity contribution in [3.8, 4) is 0 Å². The van der Waals surface area contributed by atoms with Crippen LogP contribution in [0.15, 0.2) is 17.1 Å². The van der Waals surface area contributed by atoms with E-state index in [0.717, 1.165) is 31.7 Å². The van der Waals surface area contributed by atoms with Crippen molar-refractivity contribution in [1.29, 1.82) is 0 Å². The van der Waals surface area contributed by atoms with Crippen molar-refractivity contribution in [1.82, 2.24) is 9.47 Å². The minimum Gasteiger partial charge on any atom is -0.376 e. The Bertz CT molecular complexity index is 613. The SMILES string of the molecule is Cc1cc(=O)c(C(=O)N(CC2CC2)C[C@@H]2CCCO2)cn1C. The molecule has 5 nitrogen and oxygen atoms in total. The quantitative estimate of drug-likeness (QED) is 0.832. The third-order valence-corrected chi connectivity index (χ3v) is 4.63. The van der Waals surface area contributed by atoms with Gasteiger partial charge in [0.2, 0.25) is 0 Å². The Labute approximate surface area is 130 Å². The Morgan fingerprint density at radius 1 is 1.36 bits per heavy atom. The Morgan fingerprint density at radius 3 is 2.77 bits per heavy atom. The fraction of sp³-hybridized carbons (Fsp3) is 0.647. The number of carbonyl (C=O) groups excluding carboxylic acids is 1. The molecule has 0 aromatic carbocycles. The van der Waals surface area contributed by atoms with Crippen molar-refractivity contribution in [2.75, 3.05) is 19.7 Å². The summed E-state index contributed by atoms with van der Waals surface area (Å²) in [6, 6.07) is 1.54. The lowest BCUT2D eigenvalue weighted by atomic mass is 10.1. The average molecular weight is 304 g/mol. The van der Waals surface area contributed by atoms with Crippen LogP contribution in [0.5, 0.6) is 0 Å². The second-order valence-corrected chi connectivity index (χ2v) is 6.59. The molecule has 1 aliphatic carbocycles. The molecule has 120 valence electrons. The van der Waals surface area contributed by atoms with Gasteiger partial charge in [-0.05, 0) is 38.5 Å². The lowest BCUT2D eigenvalue weighted by Crippen LogP contribution is -2.40. The summed E-state index contributed by atoms with van der Waals surface area (Å²) < 4.78 is 7.50. The molecule has 0 spiro atoms. The second-order valence-electron chi connectivity index (χ2n) is 6.59. The van der Waals surface area contributed by atoms with Gasteiger partial charge >= 0.3 is 0 Å². The van der Waals surface area contributed by atoms with Gasteiger partial charge in [-0.2, -0.15) is 0 Å². The van der Waals surface area contributed by atoms with E-state index in [-0.39, 0.29) is 23.0 Å². The Kier molecular flexibility index (Phi) is 4.34. The highest BCUT2D eigenvalue weighted by Crippen LogP contribution is 2.30. The van der Waals surface area contributed by atoms with E-state index < -0.39 is 0 Å². The lowest BCUT2D eigenvalue weighted by Gasteiger charge is -2.25. The first-order valence-electron chi connectivity index (χ1n) is 8.12. The Morgan fingerprint density at radius 2 is 2.14 bits per heavy atom. The summed E-state index contributed by atoms with van der Waals surface area (Å²) in [4.78, 5) is 26.9. The van der Waals surface area contributed by atoms with Crippen LogP contribution < -0.4 is 5.43 Å². The molecule has 0 radical (unpaired) electrons. The number of amides is 1. The molecule has 1 saturated heterocycles. The molecule has 2 aliphatic rings. The van der Waals surface area contributed by atoms with Crippen molar-refractivity contribution >= 4 is 5.91 Å². The van der Waals surface area contributed by atoms with Crippen molar-refractivity contribution in [3.63, 3.8) is 0 Å². The number of ether oxygens (including phenoxy) is 1. The van der Waals surface area contributed by atoms with E-state index in [2.05, 4.69) is 0 Å². The van der Waals surface area contributed by atoms with Crippen LogP contribution in [0.4, 0.5) is 0 Å². The maximum atomic E-state index is 12.8. The summed E-state index contributed by atoms with van der Waals surface area (Å²) in [7, 11) is 1.86. The molecule has 2 heterocycles. The molecule has 1 atom stereocenters. The smallest absolute Gasteiger partial charge is 0.259 e. The Hall–Kier alpha value is -1.62. The van der Waals surface area contributed by atoms with Crippen LogP contribution >= 0.6 is 0 Å². The van der Waals surface area contributed by atoms with E-state index in [1.807, 2.05) is 23.4 Å². The van der Waals surface area contributed by atoms with Crippen molar-refractivity contribution in [2.24, 2.45) is 13.0 Å². The molecule has 1 saturated carbocycles. The van der Waals surface area contributed by atoms with Crippen LogP contribution in [-0.2, 0) is 11.8 Å². The first kappa shape index (κ1) is 15.3. The third-order valence-electron chi connectivity index (χ3n) is 4.63. The first-order valence-corrected chi connectivity index (χ1v) is 8.12. The zero-order valence-corrected chi connectivity index (χ0v) is 13.4. The van der Waals surface area contributed by atoms with Gasteiger partial charge in [-0.3, -0.25) is 9.59 Å². The van der Waals surface area contributed by atoms with Crippen LogP contribution in [-0.4, -0.2) is 41.2 Å².